The van der Waals surface area contributed by atoms with E-state index in [2.05, 4.69) is 76.9 Å². The lowest BCUT2D eigenvalue weighted by Crippen LogP contribution is -2.21. The first-order valence-corrected chi connectivity index (χ1v) is 8.87. The van der Waals surface area contributed by atoms with Gasteiger partial charge >= 0.3 is 0 Å². The van der Waals surface area contributed by atoms with E-state index in [1.165, 1.54) is 11.1 Å². The van der Waals surface area contributed by atoms with Crippen LogP contribution < -0.4 is 0 Å². The van der Waals surface area contributed by atoms with Crippen LogP contribution in [0.4, 0.5) is 0 Å². The molecule has 0 amide bonds. The van der Waals surface area contributed by atoms with E-state index in [0.717, 1.165) is 41.1 Å². The minimum absolute atomic E-state index is 0.502. The zero-order valence-corrected chi connectivity index (χ0v) is 15.0. The first-order valence-electron chi connectivity index (χ1n) is 8.87. The summed E-state index contributed by atoms with van der Waals surface area (Å²) in [6.45, 7) is 2.20. The Hall–Kier alpha value is -3.01. The molecule has 4 heteroatoms. The molecule has 3 aromatic rings. The second-order valence-corrected chi connectivity index (χ2v) is 6.77. The van der Waals surface area contributed by atoms with E-state index in [-0.39, 0.29) is 0 Å². The van der Waals surface area contributed by atoms with Crippen LogP contribution in [0.15, 0.2) is 65.8 Å². The van der Waals surface area contributed by atoms with Gasteiger partial charge in [-0.15, -0.1) is 0 Å². The minimum atomic E-state index is 0.502. The fourth-order valence-corrected chi connectivity index (χ4v) is 3.46. The van der Waals surface area contributed by atoms with E-state index in [9.17, 15) is 0 Å². The van der Waals surface area contributed by atoms with Gasteiger partial charge in [0, 0.05) is 11.1 Å². The van der Waals surface area contributed by atoms with Crippen molar-refractivity contribution in [2.24, 2.45) is 11.1 Å². The SMILES string of the molecule is CON=C1CC(C)Cc2nnc(-c3ccc(-c4ccccc4)cc3)cc21. The highest BCUT2D eigenvalue weighted by Crippen LogP contribution is 2.28. The van der Waals surface area contributed by atoms with E-state index in [1.807, 2.05) is 6.07 Å². The number of aromatic nitrogens is 2. The Kier molecular flexibility index (Phi) is 4.48. The Labute approximate surface area is 153 Å². The highest BCUT2D eigenvalue weighted by atomic mass is 16.6. The lowest BCUT2D eigenvalue weighted by Gasteiger charge is -2.21. The van der Waals surface area contributed by atoms with Gasteiger partial charge in [0.2, 0.25) is 0 Å². The standard InChI is InChI=1S/C22H21N3O/c1-15-12-21-19(22(13-15)25-26-2)14-20(23-24-21)18-10-8-17(9-11-18)16-6-4-3-5-7-16/h3-11,14-15H,12-13H2,1-2H3. The van der Waals surface area contributed by atoms with E-state index < -0.39 is 0 Å². The Morgan fingerprint density at radius 1 is 0.885 bits per heavy atom. The molecule has 0 spiro atoms. The number of fused-ring (bicyclic) bond motifs is 1. The third kappa shape index (κ3) is 3.23. The maximum absolute atomic E-state index is 5.04. The molecular formula is C22H21N3O. The Bertz CT molecular complexity index is 933. The molecule has 0 bridgehead atoms. The van der Waals surface area contributed by atoms with Crippen LogP contribution in [0.25, 0.3) is 22.4 Å². The van der Waals surface area contributed by atoms with Crippen LogP contribution in [-0.2, 0) is 11.3 Å². The molecule has 1 aliphatic carbocycles. The molecule has 0 saturated heterocycles. The number of rotatable bonds is 3. The lowest BCUT2D eigenvalue weighted by molar-refractivity contribution is 0.212. The molecule has 130 valence electrons. The van der Waals surface area contributed by atoms with Crippen LogP contribution in [0.2, 0.25) is 0 Å². The second-order valence-electron chi connectivity index (χ2n) is 6.77. The molecule has 0 N–H and O–H groups in total. The molecule has 0 fully saturated rings. The third-order valence-electron chi connectivity index (χ3n) is 4.75. The normalized spacial score (nSPS) is 17.8. The fourth-order valence-electron chi connectivity index (χ4n) is 3.46. The summed E-state index contributed by atoms with van der Waals surface area (Å²) in [6.07, 6.45) is 1.83. The summed E-state index contributed by atoms with van der Waals surface area (Å²) in [5.74, 6) is 0.502. The van der Waals surface area contributed by atoms with Crippen molar-refractivity contribution in [2.75, 3.05) is 7.11 Å². The van der Waals surface area contributed by atoms with Crippen molar-refractivity contribution in [3.05, 3.63) is 71.9 Å². The van der Waals surface area contributed by atoms with Crippen molar-refractivity contribution in [3.8, 4) is 22.4 Å². The molecule has 4 nitrogen and oxygen atoms in total. The fraction of sp³-hybridized carbons (Fsp3) is 0.227. The van der Waals surface area contributed by atoms with Crippen LogP contribution in [0.5, 0.6) is 0 Å². The molecule has 1 heterocycles. The zero-order chi connectivity index (χ0) is 17.9. The van der Waals surface area contributed by atoms with E-state index >= 15 is 0 Å². The smallest absolute Gasteiger partial charge is 0.106 e. The second kappa shape index (κ2) is 7.08. The van der Waals surface area contributed by atoms with E-state index in [0.29, 0.717) is 5.92 Å². The molecule has 1 aromatic heterocycles. The van der Waals surface area contributed by atoms with Gasteiger partial charge in [0.05, 0.1) is 17.1 Å². The van der Waals surface area contributed by atoms with Crippen molar-refractivity contribution in [3.63, 3.8) is 0 Å². The van der Waals surface area contributed by atoms with Gasteiger partial charge in [-0.3, -0.25) is 0 Å². The third-order valence-corrected chi connectivity index (χ3v) is 4.75. The van der Waals surface area contributed by atoms with Crippen molar-refractivity contribution in [2.45, 2.75) is 19.8 Å². The summed E-state index contributed by atoms with van der Waals surface area (Å²) < 4.78 is 0. The quantitative estimate of drug-likeness (QED) is 0.645. The molecule has 1 aliphatic rings. The van der Waals surface area contributed by atoms with Crippen LogP contribution >= 0.6 is 0 Å². The summed E-state index contributed by atoms with van der Waals surface area (Å²) >= 11 is 0. The number of hydrogen-bond donors (Lipinski definition) is 0. The maximum Gasteiger partial charge on any atom is 0.106 e. The van der Waals surface area contributed by atoms with Gasteiger partial charge in [0.25, 0.3) is 0 Å². The maximum atomic E-state index is 5.04. The number of benzene rings is 2. The summed E-state index contributed by atoms with van der Waals surface area (Å²) in [4.78, 5) is 5.04. The highest BCUT2D eigenvalue weighted by molar-refractivity contribution is 6.02. The molecule has 0 aliphatic heterocycles. The van der Waals surface area contributed by atoms with Gasteiger partial charge < -0.3 is 4.84 Å². The van der Waals surface area contributed by atoms with Gasteiger partial charge in [0.15, 0.2) is 0 Å². The van der Waals surface area contributed by atoms with E-state index in [4.69, 9.17) is 4.84 Å². The van der Waals surface area contributed by atoms with Crippen molar-refractivity contribution in [1.29, 1.82) is 0 Å². The van der Waals surface area contributed by atoms with Gasteiger partial charge in [-0.25, -0.2) is 0 Å². The lowest BCUT2D eigenvalue weighted by atomic mass is 9.86. The van der Waals surface area contributed by atoms with Crippen LogP contribution in [-0.4, -0.2) is 23.0 Å². The molecule has 4 rings (SSSR count). The summed E-state index contributed by atoms with van der Waals surface area (Å²) in [5, 5.41) is 13.1. The first kappa shape index (κ1) is 16.5. The van der Waals surface area contributed by atoms with Crippen molar-refractivity contribution in [1.82, 2.24) is 10.2 Å². The summed E-state index contributed by atoms with van der Waals surface area (Å²) in [7, 11) is 1.59. The minimum Gasteiger partial charge on any atom is -0.399 e. The van der Waals surface area contributed by atoms with Gasteiger partial charge in [-0.05, 0) is 36.0 Å². The molecule has 2 aromatic carbocycles. The monoisotopic (exact) mass is 343 g/mol. The summed E-state index contributed by atoms with van der Waals surface area (Å²) in [5.41, 5.74) is 7.33. The number of hydrogen-bond acceptors (Lipinski definition) is 4. The number of nitrogens with zero attached hydrogens (tertiary/aromatic N) is 3. The molecule has 0 saturated carbocycles. The first-order chi connectivity index (χ1) is 12.7. The van der Waals surface area contributed by atoms with Gasteiger partial charge in [-0.1, -0.05) is 66.7 Å². The van der Waals surface area contributed by atoms with Gasteiger partial charge in [0.1, 0.15) is 7.11 Å². The van der Waals surface area contributed by atoms with Gasteiger partial charge in [-0.2, -0.15) is 10.2 Å². The Balaban J connectivity index is 1.69. The van der Waals surface area contributed by atoms with Crippen molar-refractivity contribution >= 4 is 5.71 Å². The van der Waals surface area contributed by atoms with Crippen molar-refractivity contribution < 1.29 is 4.84 Å². The predicted molar refractivity (Wildman–Crippen MR) is 104 cm³/mol. The highest BCUT2D eigenvalue weighted by Gasteiger charge is 2.24. The van der Waals surface area contributed by atoms with Crippen LogP contribution in [0.3, 0.4) is 0 Å². The Morgan fingerprint density at radius 3 is 2.31 bits per heavy atom. The molecule has 26 heavy (non-hydrogen) atoms. The van der Waals surface area contributed by atoms with Crippen LogP contribution in [0.1, 0.15) is 24.6 Å². The molecule has 1 unspecified atom stereocenters. The molecular weight excluding hydrogens is 322 g/mol. The van der Waals surface area contributed by atoms with Crippen LogP contribution in [0, 0.1) is 5.92 Å². The largest absolute Gasteiger partial charge is 0.399 e. The van der Waals surface area contributed by atoms with E-state index in [1.54, 1.807) is 7.11 Å². The molecule has 0 radical (unpaired) electrons. The average Bonchev–Trinajstić information content (AvgIpc) is 2.69. The summed E-state index contributed by atoms with van der Waals surface area (Å²) in [6, 6.07) is 20.9. The topological polar surface area (TPSA) is 47.4 Å². The predicted octanol–water partition coefficient (Wildman–Crippen LogP) is 4.74. The Morgan fingerprint density at radius 2 is 1.58 bits per heavy atom. The average molecular weight is 343 g/mol. The zero-order valence-electron chi connectivity index (χ0n) is 15.0. The number of oxime groups is 1. The molecule has 1 atom stereocenters.